The third-order valence-corrected chi connectivity index (χ3v) is 8.35. The van der Waals surface area contributed by atoms with E-state index in [2.05, 4.69) is 12.1 Å². The highest BCUT2D eigenvalue weighted by atomic mass is 16.5. The molecule has 0 fully saturated rings. The summed E-state index contributed by atoms with van der Waals surface area (Å²) in [6, 6.07) is 1.57. The van der Waals surface area contributed by atoms with E-state index in [0.717, 1.165) is 18.6 Å². The summed E-state index contributed by atoms with van der Waals surface area (Å²) in [6.45, 7) is 2.30. The van der Waals surface area contributed by atoms with E-state index in [1.165, 1.54) is 186 Å². The maximum Gasteiger partial charge on any atom is 0.280 e. The molecule has 1 N–H and O–H groups in total. The number of aromatic amines is 1. The first-order valence-electron chi connectivity index (χ1n) is 17.5. The third kappa shape index (κ3) is 25.3. The number of unbranched alkanes of at least 4 members (excludes halogenated alkanes) is 29. The molecule has 0 aliphatic rings. The van der Waals surface area contributed by atoms with Crippen LogP contribution in [-0.4, -0.2) is 5.16 Å². The van der Waals surface area contributed by atoms with Gasteiger partial charge in [0.25, 0.3) is 5.56 Å². The van der Waals surface area contributed by atoms with E-state index in [-0.39, 0.29) is 5.56 Å². The summed E-state index contributed by atoms with van der Waals surface area (Å²) < 4.78 is 5.09. The minimum Gasteiger partial charge on any atom is -0.384 e. The Bertz CT molecular complexity index is 619. The summed E-state index contributed by atoms with van der Waals surface area (Å²) in [5.41, 5.74) is -0.120. The monoisotopic (exact) mass is 534 g/mol. The number of aromatic nitrogens is 1. The van der Waals surface area contributed by atoms with Crippen molar-refractivity contribution in [2.75, 3.05) is 0 Å². The van der Waals surface area contributed by atoms with Crippen LogP contribution in [0.1, 0.15) is 205 Å². The van der Waals surface area contributed by atoms with E-state index < -0.39 is 0 Å². The van der Waals surface area contributed by atoms with Crippen molar-refractivity contribution in [3.8, 4) is 0 Å². The normalized spacial score (nSPS) is 11.5. The average Bonchev–Trinajstić information content (AvgIpc) is 3.34. The van der Waals surface area contributed by atoms with Crippen molar-refractivity contribution < 1.29 is 4.52 Å². The van der Waals surface area contributed by atoms with Gasteiger partial charge in [0.2, 0.25) is 0 Å². The van der Waals surface area contributed by atoms with Crippen molar-refractivity contribution in [2.24, 2.45) is 0 Å². The van der Waals surface area contributed by atoms with E-state index in [1.54, 1.807) is 6.07 Å². The Balaban J connectivity index is 1.62. The lowest BCUT2D eigenvalue weighted by atomic mass is 10.0. The first-order chi connectivity index (χ1) is 18.8. The van der Waals surface area contributed by atoms with Crippen LogP contribution in [0.3, 0.4) is 0 Å². The van der Waals surface area contributed by atoms with Crippen molar-refractivity contribution in [2.45, 2.75) is 206 Å². The fourth-order valence-electron chi connectivity index (χ4n) is 5.77. The highest BCUT2D eigenvalue weighted by molar-refractivity contribution is 4.93. The molecule has 3 heteroatoms. The maximum atomic E-state index is 11.0. The molecule has 1 rings (SSSR count). The molecular weight excluding hydrogens is 466 g/mol. The summed E-state index contributed by atoms with van der Waals surface area (Å²) in [6.07, 6.45) is 43.8. The molecule has 1 heterocycles. The molecule has 3 nitrogen and oxygen atoms in total. The van der Waals surface area contributed by atoms with E-state index >= 15 is 0 Å². The largest absolute Gasteiger partial charge is 0.384 e. The summed E-state index contributed by atoms with van der Waals surface area (Å²) in [5.74, 6) is 0.801. The quantitative estimate of drug-likeness (QED) is 0.0964. The Kier molecular flexibility index (Phi) is 26.7. The Morgan fingerprint density at radius 3 is 0.947 bits per heavy atom. The van der Waals surface area contributed by atoms with Crippen molar-refractivity contribution in [3.63, 3.8) is 0 Å². The SMILES string of the molecule is CCCCCCCCCCCCCCCCCCCCCCCCCCCCCCCCc1cc(=O)[nH]o1. The molecule has 0 aliphatic carbocycles. The number of rotatable bonds is 31. The van der Waals surface area contributed by atoms with Gasteiger partial charge in [-0.15, -0.1) is 0 Å². The minimum absolute atomic E-state index is 0.120. The molecular formula is C35H67NO2. The maximum absolute atomic E-state index is 11.0. The molecule has 0 atom stereocenters. The lowest BCUT2D eigenvalue weighted by Crippen LogP contribution is -1.93. The van der Waals surface area contributed by atoms with E-state index in [0.29, 0.717) is 0 Å². The second-order valence-corrected chi connectivity index (χ2v) is 12.2. The van der Waals surface area contributed by atoms with Crippen LogP contribution in [0.4, 0.5) is 0 Å². The summed E-state index contributed by atoms with van der Waals surface area (Å²) in [7, 11) is 0. The van der Waals surface area contributed by atoms with Crippen LogP contribution in [0, 0.1) is 0 Å². The highest BCUT2D eigenvalue weighted by Crippen LogP contribution is 2.16. The second kappa shape index (κ2) is 29.0. The van der Waals surface area contributed by atoms with Crippen molar-refractivity contribution in [1.29, 1.82) is 0 Å². The van der Waals surface area contributed by atoms with Crippen molar-refractivity contribution >= 4 is 0 Å². The van der Waals surface area contributed by atoms with Crippen molar-refractivity contribution in [1.82, 2.24) is 5.16 Å². The number of nitrogens with one attached hydrogen (secondary N) is 1. The van der Waals surface area contributed by atoms with Gasteiger partial charge in [-0.3, -0.25) is 4.79 Å². The van der Waals surface area contributed by atoms with Gasteiger partial charge in [0, 0.05) is 12.5 Å². The number of aryl methyl sites for hydroxylation is 1. The number of hydrogen-bond acceptors (Lipinski definition) is 2. The molecule has 0 saturated carbocycles. The topological polar surface area (TPSA) is 46.0 Å². The Morgan fingerprint density at radius 2 is 0.711 bits per heavy atom. The van der Waals surface area contributed by atoms with Crippen LogP contribution in [-0.2, 0) is 6.42 Å². The van der Waals surface area contributed by atoms with Crippen LogP contribution < -0.4 is 5.56 Å². The molecule has 0 aliphatic heterocycles. The standard InChI is InChI=1S/C35H67NO2/c1-2-3-4-5-6-7-8-9-10-11-12-13-14-15-16-17-18-19-20-21-22-23-24-25-26-27-28-29-30-31-32-34-33-35(37)36-38-34/h33H,2-32H2,1H3,(H,36,37). The highest BCUT2D eigenvalue weighted by Gasteiger charge is 2.00. The number of H-pyrrole nitrogens is 1. The molecule has 1 aromatic heterocycles. The predicted octanol–water partition coefficient (Wildman–Crippen LogP) is 12.2. The Morgan fingerprint density at radius 1 is 0.447 bits per heavy atom. The molecule has 0 unspecified atom stereocenters. The fourth-order valence-corrected chi connectivity index (χ4v) is 5.77. The van der Waals surface area contributed by atoms with Gasteiger partial charge >= 0.3 is 0 Å². The predicted molar refractivity (Wildman–Crippen MR) is 167 cm³/mol. The van der Waals surface area contributed by atoms with E-state index in [1.807, 2.05) is 0 Å². The average molecular weight is 534 g/mol. The summed E-state index contributed by atoms with van der Waals surface area (Å²) >= 11 is 0. The van der Waals surface area contributed by atoms with Gasteiger partial charge in [-0.25, -0.2) is 0 Å². The third-order valence-electron chi connectivity index (χ3n) is 8.35. The van der Waals surface area contributed by atoms with Gasteiger partial charge in [0.1, 0.15) is 5.76 Å². The Hall–Kier alpha value is -0.990. The molecule has 0 aromatic carbocycles. The molecule has 1 aromatic rings. The minimum atomic E-state index is -0.120. The number of hydrogen-bond donors (Lipinski definition) is 1. The van der Waals surface area contributed by atoms with E-state index in [4.69, 9.17) is 4.52 Å². The molecule has 0 spiro atoms. The molecule has 38 heavy (non-hydrogen) atoms. The van der Waals surface area contributed by atoms with Crippen LogP contribution in [0.15, 0.2) is 15.4 Å². The first kappa shape index (κ1) is 35.0. The molecule has 0 saturated heterocycles. The van der Waals surface area contributed by atoms with Crippen LogP contribution >= 0.6 is 0 Å². The smallest absolute Gasteiger partial charge is 0.280 e. The lowest BCUT2D eigenvalue weighted by molar-refractivity contribution is 0.374. The molecule has 224 valence electrons. The zero-order valence-corrected chi connectivity index (χ0v) is 25.8. The van der Waals surface area contributed by atoms with Crippen molar-refractivity contribution in [3.05, 3.63) is 22.2 Å². The zero-order chi connectivity index (χ0) is 27.2. The van der Waals surface area contributed by atoms with Crippen LogP contribution in [0.2, 0.25) is 0 Å². The zero-order valence-electron chi connectivity index (χ0n) is 25.8. The van der Waals surface area contributed by atoms with Gasteiger partial charge < -0.3 is 4.52 Å². The Labute approximate surface area is 237 Å². The van der Waals surface area contributed by atoms with Crippen LogP contribution in [0.25, 0.3) is 0 Å². The molecule has 0 amide bonds. The summed E-state index contributed by atoms with van der Waals surface area (Å²) in [5, 5.41) is 2.36. The lowest BCUT2D eigenvalue weighted by Gasteiger charge is -2.04. The second-order valence-electron chi connectivity index (χ2n) is 12.2. The summed E-state index contributed by atoms with van der Waals surface area (Å²) in [4.78, 5) is 11.0. The van der Waals surface area contributed by atoms with Gasteiger partial charge in [0.15, 0.2) is 0 Å². The molecule has 0 radical (unpaired) electrons. The van der Waals surface area contributed by atoms with Gasteiger partial charge in [-0.1, -0.05) is 193 Å². The van der Waals surface area contributed by atoms with E-state index in [9.17, 15) is 4.79 Å². The van der Waals surface area contributed by atoms with Gasteiger partial charge in [-0.05, 0) is 6.42 Å². The fraction of sp³-hybridized carbons (Fsp3) is 0.914. The van der Waals surface area contributed by atoms with Gasteiger partial charge in [-0.2, -0.15) is 5.16 Å². The van der Waals surface area contributed by atoms with Crippen LogP contribution in [0.5, 0.6) is 0 Å². The first-order valence-corrected chi connectivity index (χ1v) is 17.5. The van der Waals surface area contributed by atoms with Gasteiger partial charge in [0.05, 0.1) is 0 Å². The molecule has 0 bridgehead atoms.